The molecule has 2 heterocycles. The Kier molecular flexibility index (Phi) is 6.60. The number of alkyl halides is 3. The molecule has 38 heavy (non-hydrogen) atoms. The number of benzene rings is 3. The zero-order valence-corrected chi connectivity index (χ0v) is 20.0. The van der Waals surface area contributed by atoms with Gasteiger partial charge in [0.05, 0.1) is 23.3 Å². The number of rotatable bonds is 6. The maximum Gasteiger partial charge on any atom is 0.416 e. The summed E-state index contributed by atoms with van der Waals surface area (Å²) in [5.74, 6) is -0.159. The van der Waals surface area contributed by atoms with E-state index in [0.717, 1.165) is 28.6 Å². The number of nitrogens with zero attached hydrogens (tertiary/aromatic N) is 4. The second kappa shape index (κ2) is 10.0. The molecule has 0 aliphatic rings. The van der Waals surface area contributed by atoms with Gasteiger partial charge in [0.2, 0.25) is 0 Å². The van der Waals surface area contributed by atoms with Crippen molar-refractivity contribution >= 4 is 34.6 Å². The Morgan fingerprint density at radius 3 is 2.66 bits per heavy atom. The highest BCUT2D eigenvalue weighted by Crippen LogP contribution is 2.31. The van der Waals surface area contributed by atoms with Crippen LogP contribution < -0.4 is 5.43 Å². The average Bonchev–Trinajstić information content (AvgIpc) is 3.53. The van der Waals surface area contributed by atoms with Crippen LogP contribution in [0, 0.1) is 0 Å². The van der Waals surface area contributed by atoms with Crippen molar-refractivity contribution in [2.45, 2.75) is 12.7 Å². The normalized spacial score (nSPS) is 11.9. The van der Waals surface area contributed by atoms with E-state index in [2.05, 4.69) is 20.7 Å². The SMILES string of the molecule is O=C(NN=Cc1cccc2c1ccn2Cc1noc(-c2ccc(C(F)(F)F)cc2)n1)c1ccc(O)c(Cl)c1. The molecule has 0 radical (unpaired) electrons. The first kappa shape index (κ1) is 25.0. The number of fused-ring (bicyclic) bond motifs is 1. The minimum atomic E-state index is -4.43. The van der Waals surface area contributed by atoms with Crippen molar-refractivity contribution in [2.75, 3.05) is 0 Å². The van der Waals surface area contributed by atoms with Crippen LogP contribution in [0.5, 0.6) is 5.75 Å². The number of nitrogens with one attached hydrogen (secondary N) is 1. The van der Waals surface area contributed by atoms with Crippen LogP contribution >= 0.6 is 11.6 Å². The second-order valence-corrected chi connectivity index (χ2v) is 8.59. The highest BCUT2D eigenvalue weighted by atomic mass is 35.5. The van der Waals surface area contributed by atoms with Gasteiger partial charge in [-0.05, 0) is 54.6 Å². The van der Waals surface area contributed by atoms with Gasteiger partial charge in [-0.15, -0.1) is 0 Å². The Balaban J connectivity index is 1.30. The molecule has 0 bridgehead atoms. The molecule has 2 N–H and O–H groups in total. The van der Waals surface area contributed by atoms with E-state index < -0.39 is 17.6 Å². The van der Waals surface area contributed by atoms with Gasteiger partial charge in [0.15, 0.2) is 5.82 Å². The number of aromatic hydroxyl groups is 1. The molecule has 5 rings (SSSR count). The quantitative estimate of drug-likeness (QED) is 0.207. The Hall–Kier alpha value is -4.64. The molecule has 3 aromatic carbocycles. The number of carbonyl (C=O) groups is 1. The Morgan fingerprint density at radius 2 is 1.92 bits per heavy atom. The van der Waals surface area contributed by atoms with E-state index in [-0.39, 0.29) is 28.8 Å². The number of halogens is 4. The van der Waals surface area contributed by atoms with Crippen LogP contribution in [0.4, 0.5) is 13.2 Å². The molecule has 0 saturated carbocycles. The molecule has 0 aliphatic carbocycles. The molecule has 0 unspecified atom stereocenters. The highest BCUT2D eigenvalue weighted by molar-refractivity contribution is 6.32. The predicted octanol–water partition coefficient (Wildman–Crippen LogP) is 5.88. The molecule has 0 atom stereocenters. The Bertz CT molecular complexity index is 1660. The van der Waals surface area contributed by atoms with E-state index >= 15 is 0 Å². The summed E-state index contributed by atoms with van der Waals surface area (Å²) in [5, 5.41) is 18.4. The van der Waals surface area contributed by atoms with Gasteiger partial charge in [-0.3, -0.25) is 4.79 Å². The summed E-state index contributed by atoms with van der Waals surface area (Å²) in [7, 11) is 0. The summed E-state index contributed by atoms with van der Waals surface area (Å²) in [4.78, 5) is 16.6. The van der Waals surface area contributed by atoms with E-state index in [4.69, 9.17) is 16.1 Å². The summed E-state index contributed by atoms with van der Waals surface area (Å²) < 4.78 is 45.5. The summed E-state index contributed by atoms with van der Waals surface area (Å²) >= 11 is 5.84. The lowest BCUT2D eigenvalue weighted by Gasteiger charge is -2.05. The molecule has 0 aliphatic heterocycles. The molecule has 8 nitrogen and oxygen atoms in total. The number of hydrazone groups is 1. The third kappa shape index (κ3) is 5.23. The van der Waals surface area contributed by atoms with Crippen LogP contribution in [0.2, 0.25) is 5.02 Å². The molecule has 1 amide bonds. The zero-order chi connectivity index (χ0) is 26.9. The molecule has 2 aromatic heterocycles. The van der Waals surface area contributed by atoms with Crippen LogP contribution in [0.25, 0.3) is 22.4 Å². The maximum atomic E-state index is 12.8. The van der Waals surface area contributed by atoms with Crippen LogP contribution in [0.15, 0.2) is 82.6 Å². The molecular weight excluding hydrogens is 523 g/mol. The van der Waals surface area contributed by atoms with Crippen molar-refractivity contribution < 1.29 is 27.6 Å². The Labute approximate surface area is 218 Å². The first-order valence-corrected chi connectivity index (χ1v) is 11.5. The minimum Gasteiger partial charge on any atom is -0.506 e. The van der Waals surface area contributed by atoms with Crippen molar-refractivity contribution in [3.05, 3.63) is 100 Å². The largest absolute Gasteiger partial charge is 0.506 e. The lowest BCUT2D eigenvalue weighted by atomic mass is 10.1. The first-order chi connectivity index (χ1) is 18.2. The maximum absolute atomic E-state index is 12.8. The van der Waals surface area contributed by atoms with Crippen molar-refractivity contribution in [2.24, 2.45) is 5.10 Å². The number of amides is 1. The molecule has 12 heteroatoms. The molecular formula is C26H17ClF3N5O3. The van der Waals surface area contributed by atoms with Crippen LogP contribution in [0.3, 0.4) is 0 Å². The van der Waals surface area contributed by atoms with Crippen LogP contribution in [-0.4, -0.2) is 31.9 Å². The topological polar surface area (TPSA) is 106 Å². The molecule has 0 saturated heterocycles. The van der Waals surface area contributed by atoms with Gasteiger partial charge in [0.25, 0.3) is 11.8 Å². The summed E-state index contributed by atoms with van der Waals surface area (Å²) in [6.07, 6.45) is -1.10. The van der Waals surface area contributed by atoms with Crippen LogP contribution in [-0.2, 0) is 12.7 Å². The third-order valence-electron chi connectivity index (χ3n) is 5.67. The molecule has 5 aromatic rings. The lowest BCUT2D eigenvalue weighted by Crippen LogP contribution is -2.17. The lowest BCUT2D eigenvalue weighted by molar-refractivity contribution is -0.137. The van der Waals surface area contributed by atoms with Gasteiger partial charge < -0.3 is 14.2 Å². The standard InChI is InChI=1S/C26H17ClF3N5O3/c27-20-12-16(6-9-22(20)36)24(37)33-31-13-17-2-1-3-21-19(17)10-11-35(21)14-23-32-25(38-34-23)15-4-7-18(8-5-15)26(28,29)30/h1-13,36H,14H2,(H,33,37). The zero-order valence-electron chi connectivity index (χ0n) is 19.3. The van der Waals surface area contributed by atoms with Gasteiger partial charge in [0, 0.05) is 33.8 Å². The van der Waals surface area contributed by atoms with E-state index in [1.54, 1.807) is 0 Å². The van der Waals surface area contributed by atoms with Crippen molar-refractivity contribution in [1.29, 1.82) is 0 Å². The summed E-state index contributed by atoms with van der Waals surface area (Å²) in [6.45, 7) is 0.257. The minimum absolute atomic E-state index is 0.0563. The fourth-order valence-corrected chi connectivity index (χ4v) is 3.94. The fraction of sp³-hybridized carbons (Fsp3) is 0.0769. The second-order valence-electron chi connectivity index (χ2n) is 8.18. The van der Waals surface area contributed by atoms with Gasteiger partial charge in [-0.25, -0.2) is 5.43 Å². The molecule has 0 fully saturated rings. The fourth-order valence-electron chi connectivity index (χ4n) is 3.76. The number of phenols is 1. The number of hydrogen-bond acceptors (Lipinski definition) is 6. The Morgan fingerprint density at radius 1 is 1.13 bits per heavy atom. The number of aromatic nitrogens is 3. The van der Waals surface area contributed by atoms with Crippen molar-refractivity contribution in [1.82, 2.24) is 20.1 Å². The van der Waals surface area contributed by atoms with E-state index in [1.165, 1.54) is 36.5 Å². The van der Waals surface area contributed by atoms with Gasteiger partial charge in [-0.1, -0.05) is 28.9 Å². The van der Waals surface area contributed by atoms with Gasteiger partial charge >= 0.3 is 6.18 Å². The third-order valence-corrected chi connectivity index (χ3v) is 5.97. The number of hydrogen-bond donors (Lipinski definition) is 2. The predicted molar refractivity (Wildman–Crippen MR) is 134 cm³/mol. The molecule has 0 spiro atoms. The van der Waals surface area contributed by atoms with E-state index in [1.807, 2.05) is 35.0 Å². The first-order valence-electron chi connectivity index (χ1n) is 11.1. The number of carbonyl (C=O) groups excluding carboxylic acids is 1. The molecule has 192 valence electrons. The smallest absolute Gasteiger partial charge is 0.416 e. The van der Waals surface area contributed by atoms with E-state index in [0.29, 0.717) is 11.4 Å². The summed E-state index contributed by atoms with van der Waals surface area (Å²) in [6, 6.07) is 16.0. The van der Waals surface area contributed by atoms with Crippen molar-refractivity contribution in [3.8, 4) is 17.2 Å². The van der Waals surface area contributed by atoms with Crippen LogP contribution in [0.1, 0.15) is 27.3 Å². The van der Waals surface area contributed by atoms with Gasteiger partial charge in [-0.2, -0.15) is 23.3 Å². The summed E-state index contributed by atoms with van der Waals surface area (Å²) in [5.41, 5.74) is 3.86. The average molecular weight is 540 g/mol. The van der Waals surface area contributed by atoms with Gasteiger partial charge in [0.1, 0.15) is 5.75 Å². The monoisotopic (exact) mass is 539 g/mol. The highest BCUT2D eigenvalue weighted by Gasteiger charge is 2.30. The van der Waals surface area contributed by atoms with E-state index in [9.17, 15) is 23.1 Å². The van der Waals surface area contributed by atoms with Crippen molar-refractivity contribution in [3.63, 3.8) is 0 Å². The number of phenolic OH excluding ortho intramolecular Hbond substituents is 1.